The third kappa shape index (κ3) is 3.01. The van der Waals surface area contributed by atoms with E-state index in [1.54, 1.807) is 0 Å². The monoisotopic (exact) mass is 343 g/mol. The molecule has 2 heterocycles. The number of nitrogens with zero attached hydrogens (tertiary/aromatic N) is 2. The van der Waals surface area contributed by atoms with Crippen LogP contribution >= 0.6 is 15.9 Å². The maximum absolute atomic E-state index is 4.59. The third-order valence-electron chi connectivity index (χ3n) is 3.77. The molecule has 0 radical (unpaired) electrons. The molecule has 0 fully saturated rings. The van der Waals surface area contributed by atoms with Gasteiger partial charge in [-0.1, -0.05) is 34.1 Å². The Morgan fingerprint density at radius 3 is 2.71 bits per heavy atom. The maximum atomic E-state index is 4.59. The van der Waals surface area contributed by atoms with Gasteiger partial charge in [-0.3, -0.25) is 0 Å². The van der Waals surface area contributed by atoms with Gasteiger partial charge in [0, 0.05) is 23.3 Å². The SMILES string of the molecule is Cc1nc2ccccn2c1CNC(C)c1ccc(Br)cc1. The van der Waals surface area contributed by atoms with Gasteiger partial charge in [0.1, 0.15) is 5.65 Å². The first-order valence-corrected chi connectivity index (χ1v) is 7.86. The number of aryl methyl sites for hydroxylation is 1. The number of pyridine rings is 1. The number of halogens is 1. The van der Waals surface area contributed by atoms with Crippen LogP contribution in [0.4, 0.5) is 0 Å². The Labute approximate surface area is 133 Å². The van der Waals surface area contributed by atoms with E-state index in [0.29, 0.717) is 6.04 Å². The van der Waals surface area contributed by atoms with Crippen LogP contribution in [0.15, 0.2) is 53.1 Å². The maximum Gasteiger partial charge on any atom is 0.137 e. The summed E-state index contributed by atoms with van der Waals surface area (Å²) in [7, 11) is 0. The standard InChI is InChI=1S/C17H18BrN3/c1-12(14-6-8-15(18)9-7-14)19-11-16-13(2)20-17-5-3-4-10-21(16)17/h3-10,12,19H,11H2,1-2H3. The van der Waals surface area contributed by atoms with Gasteiger partial charge in [-0.25, -0.2) is 4.98 Å². The first-order chi connectivity index (χ1) is 10.1. The first kappa shape index (κ1) is 14.3. The second-order valence-corrected chi connectivity index (χ2v) is 6.14. The molecule has 3 nitrogen and oxygen atoms in total. The van der Waals surface area contributed by atoms with Crippen LogP contribution in [0.2, 0.25) is 0 Å². The lowest BCUT2D eigenvalue weighted by Gasteiger charge is -2.14. The van der Waals surface area contributed by atoms with Crippen molar-refractivity contribution < 1.29 is 0 Å². The predicted molar refractivity (Wildman–Crippen MR) is 89.3 cm³/mol. The van der Waals surface area contributed by atoms with Crippen LogP contribution in [0.3, 0.4) is 0 Å². The Hall–Kier alpha value is -1.65. The lowest BCUT2D eigenvalue weighted by atomic mass is 10.1. The minimum absolute atomic E-state index is 0.298. The average molecular weight is 344 g/mol. The Morgan fingerprint density at radius 1 is 1.19 bits per heavy atom. The van der Waals surface area contributed by atoms with Crippen LogP contribution in [0.1, 0.15) is 29.9 Å². The van der Waals surface area contributed by atoms with Crippen molar-refractivity contribution in [3.63, 3.8) is 0 Å². The van der Waals surface area contributed by atoms with E-state index in [9.17, 15) is 0 Å². The van der Waals surface area contributed by atoms with Gasteiger partial charge in [-0.15, -0.1) is 0 Å². The summed E-state index contributed by atoms with van der Waals surface area (Å²) in [5, 5.41) is 3.58. The normalized spacial score (nSPS) is 12.7. The van der Waals surface area contributed by atoms with E-state index in [4.69, 9.17) is 0 Å². The summed E-state index contributed by atoms with van der Waals surface area (Å²) in [6.07, 6.45) is 2.07. The smallest absolute Gasteiger partial charge is 0.137 e. The molecule has 0 bridgehead atoms. The van der Waals surface area contributed by atoms with Gasteiger partial charge >= 0.3 is 0 Å². The number of rotatable bonds is 4. The van der Waals surface area contributed by atoms with Crippen molar-refractivity contribution in [2.75, 3.05) is 0 Å². The lowest BCUT2D eigenvalue weighted by molar-refractivity contribution is 0.564. The predicted octanol–water partition coefficient (Wildman–Crippen LogP) is 4.26. The molecule has 1 N–H and O–H groups in total. The number of imidazole rings is 1. The Morgan fingerprint density at radius 2 is 1.95 bits per heavy atom. The highest BCUT2D eigenvalue weighted by Gasteiger charge is 2.10. The molecule has 21 heavy (non-hydrogen) atoms. The van der Waals surface area contributed by atoms with Crippen molar-refractivity contribution in [1.82, 2.24) is 14.7 Å². The number of fused-ring (bicyclic) bond motifs is 1. The number of nitrogens with one attached hydrogen (secondary N) is 1. The van der Waals surface area contributed by atoms with Crippen LogP contribution in [0.25, 0.3) is 5.65 Å². The molecule has 0 aliphatic rings. The summed E-state index contributed by atoms with van der Waals surface area (Å²) in [5.74, 6) is 0. The van der Waals surface area contributed by atoms with Crippen molar-refractivity contribution in [2.45, 2.75) is 26.4 Å². The highest BCUT2D eigenvalue weighted by Crippen LogP contribution is 2.18. The van der Waals surface area contributed by atoms with E-state index < -0.39 is 0 Å². The molecule has 0 spiro atoms. The molecule has 0 aliphatic heterocycles. The molecule has 108 valence electrons. The topological polar surface area (TPSA) is 29.3 Å². The Balaban J connectivity index is 1.77. The number of hydrogen-bond donors (Lipinski definition) is 1. The molecule has 1 aromatic carbocycles. The van der Waals surface area contributed by atoms with E-state index in [0.717, 1.165) is 22.4 Å². The molecular weight excluding hydrogens is 326 g/mol. The number of hydrogen-bond acceptors (Lipinski definition) is 2. The van der Waals surface area contributed by atoms with Crippen molar-refractivity contribution >= 4 is 21.6 Å². The second kappa shape index (κ2) is 6.00. The molecular formula is C17H18BrN3. The van der Waals surface area contributed by atoms with Crippen molar-refractivity contribution in [2.24, 2.45) is 0 Å². The molecule has 3 aromatic rings. The zero-order valence-corrected chi connectivity index (χ0v) is 13.8. The van der Waals surface area contributed by atoms with Crippen LogP contribution in [0, 0.1) is 6.92 Å². The lowest BCUT2D eigenvalue weighted by Crippen LogP contribution is -2.19. The zero-order chi connectivity index (χ0) is 14.8. The van der Waals surface area contributed by atoms with Crippen LogP contribution in [-0.4, -0.2) is 9.38 Å². The summed E-state index contributed by atoms with van der Waals surface area (Å²) in [5.41, 5.74) is 4.58. The fourth-order valence-electron chi connectivity index (χ4n) is 2.50. The molecule has 1 unspecified atom stereocenters. The fourth-order valence-corrected chi connectivity index (χ4v) is 2.76. The summed E-state index contributed by atoms with van der Waals surface area (Å²) in [6.45, 7) is 5.05. The third-order valence-corrected chi connectivity index (χ3v) is 4.30. The van der Waals surface area contributed by atoms with Gasteiger partial charge < -0.3 is 9.72 Å². The minimum Gasteiger partial charge on any atom is -0.305 e. The largest absolute Gasteiger partial charge is 0.305 e. The van der Waals surface area contributed by atoms with Crippen molar-refractivity contribution in [1.29, 1.82) is 0 Å². The first-order valence-electron chi connectivity index (χ1n) is 7.06. The number of benzene rings is 1. The minimum atomic E-state index is 0.298. The van der Waals surface area contributed by atoms with Gasteiger partial charge in [0.2, 0.25) is 0 Å². The van der Waals surface area contributed by atoms with Crippen LogP contribution in [0.5, 0.6) is 0 Å². The fraction of sp³-hybridized carbons (Fsp3) is 0.235. The van der Waals surface area contributed by atoms with Crippen LogP contribution in [-0.2, 0) is 6.54 Å². The molecule has 0 amide bonds. The quantitative estimate of drug-likeness (QED) is 0.766. The average Bonchev–Trinajstić information content (AvgIpc) is 2.81. The summed E-state index contributed by atoms with van der Waals surface area (Å²) < 4.78 is 3.26. The molecule has 0 saturated carbocycles. The Bertz CT molecular complexity index is 746. The molecule has 0 saturated heterocycles. The number of aromatic nitrogens is 2. The van der Waals surface area contributed by atoms with Crippen LogP contribution < -0.4 is 5.32 Å². The van der Waals surface area contributed by atoms with E-state index >= 15 is 0 Å². The highest BCUT2D eigenvalue weighted by molar-refractivity contribution is 9.10. The highest BCUT2D eigenvalue weighted by atomic mass is 79.9. The molecule has 4 heteroatoms. The molecule has 2 aromatic heterocycles. The van der Waals surface area contributed by atoms with E-state index in [2.05, 4.69) is 74.9 Å². The van der Waals surface area contributed by atoms with Gasteiger partial charge in [-0.05, 0) is 43.7 Å². The summed E-state index contributed by atoms with van der Waals surface area (Å²) >= 11 is 3.47. The summed E-state index contributed by atoms with van der Waals surface area (Å²) in [6, 6.07) is 14.8. The van der Waals surface area contributed by atoms with Gasteiger partial charge in [0.25, 0.3) is 0 Å². The van der Waals surface area contributed by atoms with E-state index in [1.165, 1.54) is 11.3 Å². The molecule has 3 rings (SSSR count). The zero-order valence-electron chi connectivity index (χ0n) is 12.2. The van der Waals surface area contributed by atoms with Crippen molar-refractivity contribution in [3.05, 3.63) is 70.1 Å². The Kier molecular flexibility index (Phi) is 4.08. The summed E-state index contributed by atoms with van der Waals surface area (Å²) in [4.78, 5) is 4.59. The van der Waals surface area contributed by atoms with Gasteiger partial charge in [0.15, 0.2) is 0 Å². The molecule has 1 atom stereocenters. The van der Waals surface area contributed by atoms with Gasteiger partial charge in [0.05, 0.1) is 11.4 Å². The van der Waals surface area contributed by atoms with Gasteiger partial charge in [-0.2, -0.15) is 0 Å². The molecule has 0 aliphatic carbocycles. The second-order valence-electron chi connectivity index (χ2n) is 5.23. The van der Waals surface area contributed by atoms with Crippen molar-refractivity contribution in [3.8, 4) is 0 Å². The van der Waals surface area contributed by atoms with E-state index in [1.807, 2.05) is 18.2 Å². The van der Waals surface area contributed by atoms with E-state index in [-0.39, 0.29) is 0 Å².